The van der Waals surface area contributed by atoms with Crippen molar-refractivity contribution in [1.29, 1.82) is 0 Å². The Labute approximate surface area is 129 Å². The molecule has 0 aliphatic carbocycles. The number of carbonyl (C=O) groups is 1. The van der Waals surface area contributed by atoms with Gasteiger partial charge in [-0.15, -0.1) is 0 Å². The lowest BCUT2D eigenvalue weighted by atomic mass is 10.1. The van der Waals surface area contributed by atoms with Crippen LogP contribution in [-0.4, -0.2) is 27.8 Å². The molecular weight excluding hydrogens is 338 g/mol. The summed E-state index contributed by atoms with van der Waals surface area (Å²) in [6, 6.07) is 7.96. The standard InChI is InChI=1S/C14H12BrN3O3/c1-17(9-10-4-6-16-7-5-10)14(19)11-2-3-12(15)13(8-11)18(20)21/h2-8H,9H2,1H3. The molecule has 1 amide bonds. The minimum absolute atomic E-state index is 0.127. The molecule has 7 heteroatoms. The predicted molar refractivity (Wildman–Crippen MR) is 80.8 cm³/mol. The molecule has 2 aromatic rings. The summed E-state index contributed by atoms with van der Waals surface area (Å²) >= 11 is 3.10. The van der Waals surface area contributed by atoms with Gasteiger partial charge in [-0.05, 0) is 45.8 Å². The molecule has 6 nitrogen and oxygen atoms in total. The summed E-state index contributed by atoms with van der Waals surface area (Å²) in [6.07, 6.45) is 3.30. The molecule has 108 valence electrons. The highest BCUT2D eigenvalue weighted by molar-refractivity contribution is 9.10. The van der Waals surface area contributed by atoms with Crippen molar-refractivity contribution in [3.63, 3.8) is 0 Å². The van der Waals surface area contributed by atoms with Crippen LogP contribution < -0.4 is 0 Å². The van der Waals surface area contributed by atoms with Gasteiger partial charge in [-0.1, -0.05) is 0 Å². The quantitative estimate of drug-likeness (QED) is 0.627. The van der Waals surface area contributed by atoms with E-state index >= 15 is 0 Å². The molecule has 0 radical (unpaired) electrons. The van der Waals surface area contributed by atoms with Gasteiger partial charge in [0, 0.05) is 37.6 Å². The number of nitro groups is 1. The third-order valence-electron chi connectivity index (χ3n) is 2.91. The summed E-state index contributed by atoms with van der Waals surface area (Å²) in [4.78, 5) is 28.1. The van der Waals surface area contributed by atoms with E-state index in [9.17, 15) is 14.9 Å². The average molecular weight is 350 g/mol. The number of hydrogen-bond donors (Lipinski definition) is 0. The Morgan fingerprint density at radius 2 is 2.00 bits per heavy atom. The molecule has 0 spiro atoms. The summed E-state index contributed by atoms with van der Waals surface area (Å²) < 4.78 is 0.348. The number of halogens is 1. The number of pyridine rings is 1. The molecule has 0 saturated carbocycles. The van der Waals surface area contributed by atoms with Gasteiger partial charge in [0.1, 0.15) is 0 Å². The molecule has 0 aliphatic heterocycles. The molecule has 1 aromatic carbocycles. The summed E-state index contributed by atoms with van der Waals surface area (Å²) in [5, 5.41) is 10.9. The molecule has 0 aliphatic rings. The Balaban J connectivity index is 2.20. The normalized spacial score (nSPS) is 10.2. The number of rotatable bonds is 4. The zero-order valence-corrected chi connectivity index (χ0v) is 12.8. The molecule has 1 aromatic heterocycles. The fourth-order valence-corrected chi connectivity index (χ4v) is 2.23. The van der Waals surface area contributed by atoms with Crippen molar-refractivity contribution in [3.05, 3.63) is 68.4 Å². The first kappa shape index (κ1) is 15.1. The van der Waals surface area contributed by atoms with Crippen LogP contribution in [0.25, 0.3) is 0 Å². The van der Waals surface area contributed by atoms with Crippen molar-refractivity contribution in [2.24, 2.45) is 0 Å². The first-order valence-corrected chi connectivity index (χ1v) is 6.86. The van der Waals surface area contributed by atoms with E-state index in [0.717, 1.165) is 5.56 Å². The number of nitrogens with zero attached hydrogens (tertiary/aromatic N) is 3. The Morgan fingerprint density at radius 1 is 1.33 bits per heavy atom. The van der Waals surface area contributed by atoms with Crippen molar-refractivity contribution in [2.75, 3.05) is 7.05 Å². The average Bonchev–Trinajstić information content (AvgIpc) is 2.47. The van der Waals surface area contributed by atoms with Crippen LogP contribution in [0.5, 0.6) is 0 Å². The van der Waals surface area contributed by atoms with Crippen LogP contribution in [0.1, 0.15) is 15.9 Å². The second-order valence-electron chi connectivity index (χ2n) is 4.44. The minimum atomic E-state index is -0.524. The van der Waals surface area contributed by atoms with E-state index in [1.165, 1.54) is 17.0 Å². The topological polar surface area (TPSA) is 76.3 Å². The van der Waals surface area contributed by atoms with Crippen LogP contribution in [0, 0.1) is 10.1 Å². The van der Waals surface area contributed by atoms with Crippen LogP contribution in [0.4, 0.5) is 5.69 Å². The fraction of sp³-hybridized carbons (Fsp3) is 0.143. The summed E-state index contributed by atoms with van der Waals surface area (Å²) in [5.41, 5.74) is 1.09. The number of carbonyl (C=O) groups excluding carboxylic acids is 1. The molecule has 0 fully saturated rings. The second-order valence-corrected chi connectivity index (χ2v) is 5.29. The highest BCUT2D eigenvalue weighted by atomic mass is 79.9. The lowest BCUT2D eigenvalue weighted by Crippen LogP contribution is -2.26. The zero-order chi connectivity index (χ0) is 15.4. The second kappa shape index (κ2) is 6.45. The molecule has 1 heterocycles. The minimum Gasteiger partial charge on any atom is -0.337 e. The van der Waals surface area contributed by atoms with Crippen molar-refractivity contribution >= 4 is 27.5 Å². The molecule has 21 heavy (non-hydrogen) atoms. The van der Waals surface area contributed by atoms with Crippen LogP contribution in [-0.2, 0) is 6.54 Å². The molecular formula is C14H12BrN3O3. The highest BCUT2D eigenvalue weighted by Crippen LogP contribution is 2.26. The maximum absolute atomic E-state index is 12.3. The third-order valence-corrected chi connectivity index (χ3v) is 3.58. The number of aromatic nitrogens is 1. The third kappa shape index (κ3) is 3.63. The zero-order valence-electron chi connectivity index (χ0n) is 11.2. The van der Waals surface area contributed by atoms with Crippen molar-refractivity contribution < 1.29 is 9.72 Å². The number of benzene rings is 1. The van der Waals surface area contributed by atoms with Crippen LogP contribution in [0.3, 0.4) is 0 Å². The van der Waals surface area contributed by atoms with Gasteiger partial charge in [-0.2, -0.15) is 0 Å². The van der Waals surface area contributed by atoms with Crippen molar-refractivity contribution in [1.82, 2.24) is 9.88 Å². The van der Waals surface area contributed by atoms with Crippen molar-refractivity contribution in [3.8, 4) is 0 Å². The summed E-state index contributed by atoms with van der Waals surface area (Å²) in [6.45, 7) is 0.408. The van der Waals surface area contributed by atoms with Crippen LogP contribution in [0.2, 0.25) is 0 Å². The summed E-state index contributed by atoms with van der Waals surface area (Å²) in [7, 11) is 1.65. The Morgan fingerprint density at radius 3 is 2.62 bits per heavy atom. The van der Waals surface area contributed by atoms with Gasteiger partial charge in [-0.25, -0.2) is 0 Å². The van der Waals surface area contributed by atoms with Gasteiger partial charge in [0.2, 0.25) is 0 Å². The van der Waals surface area contributed by atoms with E-state index in [2.05, 4.69) is 20.9 Å². The molecule has 0 unspecified atom stereocenters. The number of amides is 1. The van der Waals surface area contributed by atoms with E-state index < -0.39 is 4.92 Å². The van der Waals surface area contributed by atoms with E-state index in [0.29, 0.717) is 11.0 Å². The predicted octanol–water partition coefficient (Wildman–Crippen LogP) is 3.02. The molecule has 0 saturated heterocycles. The fourth-order valence-electron chi connectivity index (χ4n) is 1.84. The molecule has 0 N–H and O–H groups in total. The SMILES string of the molecule is CN(Cc1ccncc1)C(=O)c1ccc(Br)c([N+](=O)[O-])c1. The Hall–Kier alpha value is -2.28. The van der Waals surface area contributed by atoms with E-state index in [1.807, 2.05) is 12.1 Å². The Bertz CT molecular complexity index is 676. The molecule has 0 bridgehead atoms. The van der Waals surface area contributed by atoms with Gasteiger partial charge in [-0.3, -0.25) is 19.9 Å². The summed E-state index contributed by atoms with van der Waals surface area (Å²) in [5.74, 6) is -0.276. The van der Waals surface area contributed by atoms with Crippen LogP contribution in [0.15, 0.2) is 47.2 Å². The first-order valence-electron chi connectivity index (χ1n) is 6.07. The maximum atomic E-state index is 12.3. The Kier molecular flexibility index (Phi) is 4.64. The smallest absolute Gasteiger partial charge is 0.284 e. The van der Waals surface area contributed by atoms with Crippen molar-refractivity contribution in [2.45, 2.75) is 6.54 Å². The monoisotopic (exact) mass is 349 g/mol. The molecule has 0 atom stereocenters. The number of nitro benzene ring substituents is 1. The highest BCUT2D eigenvalue weighted by Gasteiger charge is 2.18. The molecule has 2 rings (SSSR count). The lowest BCUT2D eigenvalue weighted by molar-refractivity contribution is -0.385. The largest absolute Gasteiger partial charge is 0.337 e. The van der Waals surface area contributed by atoms with Gasteiger partial charge in [0.15, 0.2) is 0 Å². The van der Waals surface area contributed by atoms with Crippen LogP contribution >= 0.6 is 15.9 Å². The first-order chi connectivity index (χ1) is 9.99. The van der Waals surface area contributed by atoms with Gasteiger partial charge in [0.05, 0.1) is 9.40 Å². The van der Waals surface area contributed by atoms with E-state index in [-0.39, 0.29) is 17.2 Å². The maximum Gasteiger partial charge on any atom is 0.284 e. The van der Waals surface area contributed by atoms with Gasteiger partial charge >= 0.3 is 0 Å². The lowest BCUT2D eigenvalue weighted by Gasteiger charge is -2.17. The number of hydrogen-bond acceptors (Lipinski definition) is 4. The van der Waals surface area contributed by atoms with E-state index in [4.69, 9.17) is 0 Å². The van der Waals surface area contributed by atoms with E-state index in [1.54, 1.807) is 25.5 Å². The van der Waals surface area contributed by atoms with Gasteiger partial charge < -0.3 is 4.90 Å². The van der Waals surface area contributed by atoms with Gasteiger partial charge in [0.25, 0.3) is 11.6 Å².